The van der Waals surface area contributed by atoms with E-state index in [9.17, 15) is 0 Å². The van der Waals surface area contributed by atoms with E-state index >= 15 is 0 Å². The normalized spacial score (nSPS) is 20.5. The van der Waals surface area contributed by atoms with E-state index < -0.39 is 0 Å². The highest BCUT2D eigenvalue weighted by Gasteiger charge is 2.20. The largest absolute Gasteiger partial charge is 0.378 e. The van der Waals surface area contributed by atoms with Gasteiger partial charge in [0.05, 0.1) is 13.2 Å². The fourth-order valence-corrected chi connectivity index (χ4v) is 2.49. The highest BCUT2D eigenvalue weighted by atomic mass is 32.1. The average molecular weight is 267 g/mol. The molecular formula is C11H17N5OS. The first-order chi connectivity index (χ1) is 8.83. The van der Waals surface area contributed by atoms with E-state index in [1.54, 1.807) is 0 Å². The Balaban J connectivity index is 1.84. The van der Waals surface area contributed by atoms with Gasteiger partial charge < -0.3 is 14.5 Å². The highest BCUT2D eigenvalue weighted by molar-refractivity contribution is 7.80. The smallest absolute Gasteiger partial charge is 0.231 e. The van der Waals surface area contributed by atoms with E-state index in [0.29, 0.717) is 5.16 Å². The maximum Gasteiger partial charge on any atom is 0.231 e. The van der Waals surface area contributed by atoms with Crippen molar-refractivity contribution in [2.45, 2.75) is 18.0 Å². The molecule has 2 fully saturated rings. The number of nitrogens with zero attached hydrogens (tertiary/aromatic N) is 5. The number of rotatable bonds is 2. The second-order valence-electron chi connectivity index (χ2n) is 4.53. The summed E-state index contributed by atoms with van der Waals surface area (Å²) in [4.78, 5) is 17.5. The highest BCUT2D eigenvalue weighted by Crippen LogP contribution is 2.20. The minimum atomic E-state index is 0.494. The van der Waals surface area contributed by atoms with Gasteiger partial charge in [0, 0.05) is 26.2 Å². The summed E-state index contributed by atoms with van der Waals surface area (Å²) >= 11 is 4.29. The molecule has 0 aliphatic carbocycles. The van der Waals surface area contributed by atoms with Crippen molar-refractivity contribution in [3.63, 3.8) is 0 Å². The number of anilines is 2. The third-order valence-corrected chi connectivity index (χ3v) is 3.48. The lowest BCUT2D eigenvalue weighted by Crippen LogP contribution is -2.37. The third kappa shape index (κ3) is 2.51. The SMILES string of the molecule is Sc1nc(N2CCCC2)nc(N2CCOCC2)n1. The summed E-state index contributed by atoms with van der Waals surface area (Å²) in [7, 11) is 0. The summed E-state index contributed by atoms with van der Waals surface area (Å²) in [5.41, 5.74) is 0. The third-order valence-electron chi connectivity index (χ3n) is 3.28. The Labute approximate surface area is 112 Å². The van der Waals surface area contributed by atoms with E-state index in [0.717, 1.165) is 51.3 Å². The van der Waals surface area contributed by atoms with Crippen molar-refractivity contribution < 1.29 is 4.74 Å². The van der Waals surface area contributed by atoms with Crippen LogP contribution in [0.5, 0.6) is 0 Å². The molecule has 0 saturated carbocycles. The maximum absolute atomic E-state index is 5.34. The molecule has 6 nitrogen and oxygen atoms in total. The molecule has 2 saturated heterocycles. The van der Waals surface area contributed by atoms with Crippen LogP contribution in [0.15, 0.2) is 5.16 Å². The number of hydrogen-bond acceptors (Lipinski definition) is 7. The Hall–Kier alpha value is -1.08. The van der Waals surface area contributed by atoms with Crippen molar-refractivity contribution in [2.24, 2.45) is 0 Å². The molecule has 98 valence electrons. The molecule has 7 heteroatoms. The van der Waals surface area contributed by atoms with Crippen LogP contribution in [0.2, 0.25) is 0 Å². The van der Waals surface area contributed by atoms with Gasteiger partial charge in [-0.2, -0.15) is 15.0 Å². The Morgan fingerprint density at radius 1 is 0.833 bits per heavy atom. The van der Waals surface area contributed by atoms with E-state index in [4.69, 9.17) is 4.74 Å². The van der Waals surface area contributed by atoms with Crippen molar-refractivity contribution in [1.82, 2.24) is 15.0 Å². The molecule has 0 unspecified atom stereocenters. The van der Waals surface area contributed by atoms with Crippen LogP contribution >= 0.6 is 12.6 Å². The van der Waals surface area contributed by atoms with Gasteiger partial charge in [-0.1, -0.05) is 0 Å². The molecule has 3 rings (SSSR count). The Bertz CT molecular complexity index is 418. The van der Waals surface area contributed by atoms with E-state index in [2.05, 4.69) is 37.4 Å². The zero-order valence-corrected chi connectivity index (χ0v) is 11.1. The van der Waals surface area contributed by atoms with Gasteiger partial charge in [-0.3, -0.25) is 0 Å². The van der Waals surface area contributed by atoms with Crippen molar-refractivity contribution >= 4 is 24.5 Å². The van der Waals surface area contributed by atoms with Gasteiger partial charge in [0.2, 0.25) is 11.9 Å². The van der Waals surface area contributed by atoms with Crippen molar-refractivity contribution in [3.8, 4) is 0 Å². The van der Waals surface area contributed by atoms with Gasteiger partial charge in [-0.15, -0.1) is 12.6 Å². The number of morpholine rings is 1. The Kier molecular flexibility index (Phi) is 3.51. The van der Waals surface area contributed by atoms with Gasteiger partial charge in [0.1, 0.15) is 0 Å². The number of thiol groups is 1. The zero-order chi connectivity index (χ0) is 12.4. The second-order valence-corrected chi connectivity index (χ2v) is 4.93. The Morgan fingerprint density at radius 2 is 1.39 bits per heavy atom. The molecule has 0 aromatic carbocycles. The van der Waals surface area contributed by atoms with Crippen LogP contribution in [0.4, 0.5) is 11.9 Å². The number of ether oxygens (including phenoxy) is 1. The van der Waals surface area contributed by atoms with Gasteiger partial charge in [0.15, 0.2) is 5.16 Å². The topological polar surface area (TPSA) is 54.4 Å². The average Bonchev–Trinajstić information content (AvgIpc) is 2.93. The fraction of sp³-hybridized carbons (Fsp3) is 0.727. The van der Waals surface area contributed by atoms with Crippen molar-refractivity contribution in [1.29, 1.82) is 0 Å². The van der Waals surface area contributed by atoms with Crippen LogP contribution < -0.4 is 9.80 Å². The summed E-state index contributed by atoms with van der Waals surface area (Å²) < 4.78 is 5.34. The van der Waals surface area contributed by atoms with E-state index in [1.807, 2.05) is 0 Å². The summed E-state index contributed by atoms with van der Waals surface area (Å²) in [6.07, 6.45) is 2.42. The lowest BCUT2D eigenvalue weighted by molar-refractivity contribution is 0.122. The van der Waals surface area contributed by atoms with Gasteiger partial charge in [-0.25, -0.2) is 0 Å². The molecule has 0 N–H and O–H groups in total. The molecule has 18 heavy (non-hydrogen) atoms. The minimum absolute atomic E-state index is 0.494. The predicted molar refractivity (Wildman–Crippen MR) is 71.6 cm³/mol. The molecule has 1 aromatic rings. The molecule has 2 aliphatic rings. The quantitative estimate of drug-likeness (QED) is 0.792. The van der Waals surface area contributed by atoms with Crippen LogP contribution in [0.3, 0.4) is 0 Å². The van der Waals surface area contributed by atoms with Crippen LogP contribution in [-0.4, -0.2) is 54.3 Å². The minimum Gasteiger partial charge on any atom is -0.378 e. The molecular weight excluding hydrogens is 250 g/mol. The Morgan fingerprint density at radius 3 is 2.00 bits per heavy atom. The predicted octanol–water partition coefficient (Wildman–Crippen LogP) is 0.597. The van der Waals surface area contributed by atoms with Gasteiger partial charge in [0.25, 0.3) is 0 Å². The van der Waals surface area contributed by atoms with Crippen LogP contribution in [-0.2, 0) is 4.74 Å². The zero-order valence-electron chi connectivity index (χ0n) is 10.2. The lowest BCUT2D eigenvalue weighted by atomic mass is 10.4. The molecule has 0 radical (unpaired) electrons. The maximum atomic E-state index is 5.34. The summed E-state index contributed by atoms with van der Waals surface area (Å²) in [6, 6.07) is 0. The monoisotopic (exact) mass is 267 g/mol. The van der Waals surface area contributed by atoms with Gasteiger partial charge in [-0.05, 0) is 12.8 Å². The fourth-order valence-electron chi connectivity index (χ4n) is 2.31. The first-order valence-electron chi connectivity index (χ1n) is 6.35. The summed E-state index contributed by atoms with van der Waals surface area (Å²) in [5.74, 6) is 1.48. The lowest BCUT2D eigenvalue weighted by Gasteiger charge is -2.27. The molecule has 0 bridgehead atoms. The second kappa shape index (κ2) is 5.27. The van der Waals surface area contributed by atoms with E-state index in [-0.39, 0.29) is 0 Å². The van der Waals surface area contributed by atoms with E-state index in [1.165, 1.54) is 12.8 Å². The van der Waals surface area contributed by atoms with Crippen LogP contribution in [0.1, 0.15) is 12.8 Å². The molecule has 0 spiro atoms. The van der Waals surface area contributed by atoms with Crippen LogP contribution in [0.25, 0.3) is 0 Å². The first-order valence-corrected chi connectivity index (χ1v) is 6.80. The van der Waals surface area contributed by atoms with Crippen molar-refractivity contribution in [2.75, 3.05) is 49.2 Å². The first kappa shape index (κ1) is 12.0. The summed E-state index contributed by atoms with van der Waals surface area (Å²) in [6.45, 7) is 5.17. The van der Waals surface area contributed by atoms with Crippen molar-refractivity contribution in [3.05, 3.63) is 0 Å². The van der Waals surface area contributed by atoms with Crippen LogP contribution in [0, 0.1) is 0 Å². The molecule has 1 aromatic heterocycles. The number of hydrogen-bond donors (Lipinski definition) is 1. The van der Waals surface area contributed by atoms with Gasteiger partial charge >= 0.3 is 0 Å². The molecule has 0 atom stereocenters. The standard InChI is InChI=1S/C11H17N5OS/c18-11-13-9(15-3-1-2-4-15)12-10(14-11)16-5-7-17-8-6-16/h1-8H2,(H,12,13,14,18). The number of aromatic nitrogens is 3. The molecule has 2 aliphatic heterocycles. The molecule has 3 heterocycles. The summed E-state index contributed by atoms with van der Waals surface area (Å²) in [5, 5.41) is 0.494. The molecule has 0 amide bonds.